The maximum atomic E-state index is 13.3. The number of likely N-dealkylation sites (tertiary alicyclic amines) is 1. The van der Waals surface area contributed by atoms with Crippen LogP contribution in [0, 0.1) is 12.7 Å². The number of piperidine rings is 1. The van der Waals surface area contributed by atoms with Gasteiger partial charge in [0.1, 0.15) is 5.82 Å². The van der Waals surface area contributed by atoms with E-state index < -0.39 is 0 Å². The number of aryl methyl sites for hydroxylation is 2. The lowest BCUT2D eigenvalue weighted by Gasteiger charge is -2.26. The van der Waals surface area contributed by atoms with Crippen LogP contribution in [0.5, 0.6) is 0 Å². The van der Waals surface area contributed by atoms with Gasteiger partial charge in [-0.25, -0.2) is 8.91 Å². The highest BCUT2D eigenvalue weighted by atomic mass is 19.1. The zero-order valence-corrected chi connectivity index (χ0v) is 15.6. The van der Waals surface area contributed by atoms with Crippen molar-refractivity contribution >= 4 is 11.6 Å². The topological polar surface area (TPSA) is 63.4 Å². The third-order valence-electron chi connectivity index (χ3n) is 5.15. The van der Waals surface area contributed by atoms with Gasteiger partial charge in [-0.3, -0.25) is 4.79 Å². The van der Waals surface area contributed by atoms with E-state index in [0.717, 1.165) is 49.2 Å². The summed E-state index contributed by atoms with van der Waals surface area (Å²) in [5.41, 5.74) is 4.14. The molecule has 0 saturated carbocycles. The molecule has 3 heterocycles. The van der Waals surface area contributed by atoms with Crippen LogP contribution in [0.4, 0.5) is 4.39 Å². The Hall–Kier alpha value is -2.83. The standard InChI is InChI=1S/C20H22FN5O/c1-3-16-17(14-7-9-15(21)10-8-14)19-23-22-18(13(2)26(19)24-16)20(27)25-11-5-4-6-12-25/h7-10H,3-6,11-12H2,1-2H3. The van der Waals surface area contributed by atoms with Crippen LogP contribution < -0.4 is 0 Å². The number of amides is 1. The summed E-state index contributed by atoms with van der Waals surface area (Å²) in [6.45, 7) is 5.38. The fourth-order valence-corrected chi connectivity index (χ4v) is 3.65. The second-order valence-electron chi connectivity index (χ2n) is 6.90. The summed E-state index contributed by atoms with van der Waals surface area (Å²) < 4.78 is 15.0. The van der Waals surface area contributed by atoms with Crippen LogP contribution in [-0.4, -0.2) is 43.7 Å². The molecule has 0 spiro atoms. The van der Waals surface area contributed by atoms with E-state index in [9.17, 15) is 9.18 Å². The monoisotopic (exact) mass is 367 g/mol. The highest BCUT2D eigenvalue weighted by Gasteiger charge is 2.25. The minimum Gasteiger partial charge on any atom is -0.337 e. The second-order valence-corrected chi connectivity index (χ2v) is 6.90. The van der Waals surface area contributed by atoms with Crippen molar-refractivity contribution in [2.45, 2.75) is 39.5 Å². The van der Waals surface area contributed by atoms with Gasteiger partial charge in [-0.05, 0) is 50.3 Å². The zero-order chi connectivity index (χ0) is 19.0. The average Bonchev–Trinajstić information content (AvgIpc) is 3.09. The molecule has 3 aromatic rings. The van der Waals surface area contributed by atoms with Gasteiger partial charge < -0.3 is 4.90 Å². The summed E-state index contributed by atoms with van der Waals surface area (Å²) >= 11 is 0. The molecule has 7 heteroatoms. The number of fused-ring (bicyclic) bond motifs is 1. The molecule has 4 rings (SSSR count). The van der Waals surface area contributed by atoms with Crippen LogP contribution in [-0.2, 0) is 6.42 Å². The van der Waals surface area contributed by atoms with E-state index >= 15 is 0 Å². The normalized spacial score (nSPS) is 14.7. The number of aromatic nitrogens is 4. The summed E-state index contributed by atoms with van der Waals surface area (Å²) in [7, 11) is 0. The molecule has 0 radical (unpaired) electrons. The number of carbonyl (C=O) groups is 1. The van der Waals surface area contributed by atoms with Crippen molar-refractivity contribution in [2.75, 3.05) is 13.1 Å². The Labute approximate surface area is 157 Å². The van der Waals surface area contributed by atoms with Gasteiger partial charge in [0.05, 0.1) is 17.0 Å². The summed E-state index contributed by atoms with van der Waals surface area (Å²) in [4.78, 5) is 14.7. The predicted octanol–water partition coefficient (Wildman–Crippen LogP) is 3.43. The Morgan fingerprint density at radius 2 is 1.81 bits per heavy atom. The van der Waals surface area contributed by atoms with Crippen molar-refractivity contribution in [1.29, 1.82) is 0 Å². The molecule has 0 bridgehead atoms. The molecule has 0 atom stereocenters. The Morgan fingerprint density at radius 3 is 2.48 bits per heavy atom. The molecule has 1 aliphatic heterocycles. The minimum atomic E-state index is -0.287. The lowest BCUT2D eigenvalue weighted by atomic mass is 10.0. The number of benzene rings is 1. The maximum absolute atomic E-state index is 13.3. The SMILES string of the molecule is CCc1nn2c(C)c(C(=O)N3CCCCC3)nnc2c1-c1ccc(F)cc1. The first kappa shape index (κ1) is 17.6. The first-order valence-electron chi connectivity index (χ1n) is 9.40. The molecular formula is C20H22FN5O. The van der Waals surface area contributed by atoms with Gasteiger partial charge in [0.25, 0.3) is 5.91 Å². The number of rotatable bonds is 3. The second kappa shape index (κ2) is 7.06. The largest absolute Gasteiger partial charge is 0.337 e. The van der Waals surface area contributed by atoms with Crippen LogP contribution in [0.25, 0.3) is 16.8 Å². The predicted molar refractivity (Wildman–Crippen MR) is 100 cm³/mol. The quantitative estimate of drug-likeness (QED) is 0.711. The molecular weight excluding hydrogens is 345 g/mol. The Kier molecular flexibility index (Phi) is 4.59. The third kappa shape index (κ3) is 3.07. The van der Waals surface area contributed by atoms with Crippen molar-refractivity contribution in [3.8, 4) is 11.1 Å². The number of halogens is 1. The van der Waals surface area contributed by atoms with Crippen molar-refractivity contribution in [3.05, 3.63) is 47.2 Å². The summed E-state index contributed by atoms with van der Waals surface area (Å²) in [6, 6.07) is 6.28. The van der Waals surface area contributed by atoms with Crippen LogP contribution in [0.3, 0.4) is 0 Å². The van der Waals surface area contributed by atoms with E-state index in [4.69, 9.17) is 0 Å². The molecule has 1 fully saturated rings. The van der Waals surface area contributed by atoms with Crippen LogP contribution in [0.2, 0.25) is 0 Å². The molecule has 2 aromatic heterocycles. The van der Waals surface area contributed by atoms with E-state index in [2.05, 4.69) is 15.3 Å². The van der Waals surface area contributed by atoms with Gasteiger partial charge in [0, 0.05) is 13.1 Å². The smallest absolute Gasteiger partial charge is 0.276 e. The fourth-order valence-electron chi connectivity index (χ4n) is 3.65. The van der Waals surface area contributed by atoms with E-state index in [0.29, 0.717) is 23.5 Å². The van der Waals surface area contributed by atoms with E-state index in [1.165, 1.54) is 12.1 Å². The fraction of sp³-hybridized carbons (Fsp3) is 0.400. The first-order chi connectivity index (χ1) is 13.1. The number of hydrogen-bond acceptors (Lipinski definition) is 4. The Balaban J connectivity index is 1.82. The Morgan fingerprint density at radius 1 is 1.11 bits per heavy atom. The third-order valence-corrected chi connectivity index (χ3v) is 5.15. The molecule has 140 valence electrons. The first-order valence-corrected chi connectivity index (χ1v) is 9.40. The zero-order valence-electron chi connectivity index (χ0n) is 15.6. The van der Waals surface area contributed by atoms with Crippen molar-refractivity contribution in [3.63, 3.8) is 0 Å². The summed E-state index contributed by atoms with van der Waals surface area (Å²) in [6.07, 6.45) is 3.91. The van der Waals surface area contributed by atoms with Gasteiger partial charge in [-0.2, -0.15) is 5.10 Å². The molecule has 1 aromatic carbocycles. The van der Waals surface area contributed by atoms with E-state index in [1.807, 2.05) is 18.7 Å². The van der Waals surface area contributed by atoms with Gasteiger partial charge >= 0.3 is 0 Å². The van der Waals surface area contributed by atoms with Gasteiger partial charge in [0.15, 0.2) is 11.3 Å². The van der Waals surface area contributed by atoms with E-state index in [1.54, 1.807) is 16.6 Å². The lowest BCUT2D eigenvalue weighted by Crippen LogP contribution is -2.37. The van der Waals surface area contributed by atoms with E-state index in [-0.39, 0.29) is 11.7 Å². The van der Waals surface area contributed by atoms with Crippen LogP contribution >= 0.6 is 0 Å². The molecule has 0 aliphatic carbocycles. The van der Waals surface area contributed by atoms with Gasteiger partial charge in [-0.15, -0.1) is 10.2 Å². The molecule has 1 aliphatic rings. The Bertz CT molecular complexity index is 990. The molecule has 0 unspecified atom stereocenters. The van der Waals surface area contributed by atoms with Gasteiger partial charge in [0.2, 0.25) is 0 Å². The summed E-state index contributed by atoms with van der Waals surface area (Å²) in [5, 5.41) is 13.3. The molecule has 1 saturated heterocycles. The number of nitrogens with zero attached hydrogens (tertiary/aromatic N) is 5. The maximum Gasteiger partial charge on any atom is 0.276 e. The number of hydrogen-bond donors (Lipinski definition) is 0. The molecule has 6 nitrogen and oxygen atoms in total. The highest BCUT2D eigenvalue weighted by Crippen LogP contribution is 2.29. The lowest BCUT2D eigenvalue weighted by molar-refractivity contribution is 0.0715. The summed E-state index contributed by atoms with van der Waals surface area (Å²) in [5.74, 6) is -0.372. The number of carbonyl (C=O) groups excluding carboxylic acids is 1. The van der Waals surface area contributed by atoms with Crippen molar-refractivity contribution in [2.24, 2.45) is 0 Å². The molecule has 0 N–H and O–H groups in total. The highest BCUT2D eigenvalue weighted by molar-refractivity contribution is 5.93. The van der Waals surface area contributed by atoms with Gasteiger partial charge in [-0.1, -0.05) is 19.1 Å². The average molecular weight is 367 g/mol. The van der Waals surface area contributed by atoms with Crippen molar-refractivity contribution < 1.29 is 9.18 Å². The molecule has 1 amide bonds. The molecule has 27 heavy (non-hydrogen) atoms. The van der Waals surface area contributed by atoms with Crippen molar-refractivity contribution in [1.82, 2.24) is 24.7 Å². The van der Waals surface area contributed by atoms with Crippen LogP contribution in [0.15, 0.2) is 24.3 Å². The minimum absolute atomic E-state index is 0.0847. The van der Waals surface area contributed by atoms with Crippen LogP contribution in [0.1, 0.15) is 48.1 Å².